The number of imidazole rings is 1. The molecule has 1 amide bonds. The lowest BCUT2D eigenvalue weighted by molar-refractivity contribution is -0.125. The smallest absolute Gasteiger partial charge is 0.358 e. The van der Waals surface area contributed by atoms with E-state index in [-0.39, 0.29) is 5.69 Å². The van der Waals surface area contributed by atoms with Gasteiger partial charge in [-0.1, -0.05) is 42.1 Å². The lowest BCUT2D eigenvalue weighted by atomic mass is 10.1. The van der Waals surface area contributed by atoms with Gasteiger partial charge in [0.1, 0.15) is 11.6 Å². The molecule has 0 fully saturated rings. The van der Waals surface area contributed by atoms with Crippen LogP contribution in [-0.4, -0.2) is 34.8 Å². The standard InChI is InChI=1S/C26H22FN3O4S/c1-33-21-14-10-19(11-15-21)29-24(31)23(17-6-4-3-5-7-17)34-25(32)22-16-28-26(35-2)30(22)20-12-8-18(27)9-13-20/h3-16,23H,1-2H3,(H,29,31)/t23-/m0/s1. The van der Waals surface area contributed by atoms with Gasteiger partial charge in [-0.2, -0.15) is 0 Å². The number of hydrogen-bond donors (Lipinski definition) is 1. The first kappa shape index (κ1) is 24.0. The molecule has 0 unspecified atom stereocenters. The second-order valence-corrected chi connectivity index (χ2v) is 8.13. The van der Waals surface area contributed by atoms with Gasteiger partial charge >= 0.3 is 5.97 Å². The topological polar surface area (TPSA) is 82.4 Å². The molecule has 7 nitrogen and oxygen atoms in total. The molecule has 3 aromatic carbocycles. The Hall–Kier alpha value is -4.11. The van der Waals surface area contributed by atoms with Crippen molar-refractivity contribution in [2.45, 2.75) is 11.3 Å². The first-order valence-electron chi connectivity index (χ1n) is 10.6. The molecule has 0 spiro atoms. The fraction of sp³-hybridized carbons (Fsp3) is 0.115. The van der Waals surface area contributed by atoms with Gasteiger partial charge in [0.25, 0.3) is 5.91 Å². The fourth-order valence-electron chi connectivity index (χ4n) is 3.41. The van der Waals surface area contributed by atoms with E-state index < -0.39 is 23.8 Å². The molecule has 0 saturated heterocycles. The first-order chi connectivity index (χ1) is 17.0. The number of hydrogen-bond acceptors (Lipinski definition) is 6. The van der Waals surface area contributed by atoms with Crippen LogP contribution < -0.4 is 10.1 Å². The van der Waals surface area contributed by atoms with Crippen molar-refractivity contribution in [3.8, 4) is 11.4 Å². The van der Waals surface area contributed by atoms with Gasteiger partial charge in [-0.25, -0.2) is 14.2 Å². The third kappa shape index (κ3) is 5.52. The van der Waals surface area contributed by atoms with Crippen LogP contribution in [-0.2, 0) is 9.53 Å². The maximum absolute atomic E-state index is 13.5. The second kappa shape index (κ2) is 10.9. The summed E-state index contributed by atoms with van der Waals surface area (Å²) in [5.41, 5.74) is 1.68. The van der Waals surface area contributed by atoms with Gasteiger partial charge in [-0.05, 0) is 54.8 Å². The van der Waals surface area contributed by atoms with Crippen molar-refractivity contribution in [1.82, 2.24) is 9.55 Å². The Morgan fingerprint density at radius 2 is 1.69 bits per heavy atom. The zero-order valence-electron chi connectivity index (χ0n) is 19.0. The Morgan fingerprint density at radius 1 is 1.00 bits per heavy atom. The Bertz CT molecular complexity index is 1310. The van der Waals surface area contributed by atoms with Crippen LogP contribution in [0, 0.1) is 5.82 Å². The first-order valence-corrected chi connectivity index (χ1v) is 11.8. The van der Waals surface area contributed by atoms with Crippen LogP contribution in [0.2, 0.25) is 0 Å². The third-order valence-electron chi connectivity index (χ3n) is 5.13. The number of amides is 1. The van der Waals surface area contributed by atoms with Gasteiger partial charge in [0, 0.05) is 16.9 Å². The molecule has 9 heteroatoms. The summed E-state index contributed by atoms with van der Waals surface area (Å²) in [4.78, 5) is 30.8. The van der Waals surface area contributed by atoms with Crippen molar-refractivity contribution < 1.29 is 23.5 Å². The number of thioether (sulfide) groups is 1. The number of anilines is 1. The summed E-state index contributed by atoms with van der Waals surface area (Å²) in [6.45, 7) is 0. The Balaban J connectivity index is 1.64. The molecule has 35 heavy (non-hydrogen) atoms. The second-order valence-electron chi connectivity index (χ2n) is 7.36. The molecule has 1 heterocycles. The quantitative estimate of drug-likeness (QED) is 0.267. The minimum absolute atomic E-state index is 0.110. The number of aromatic nitrogens is 2. The van der Waals surface area contributed by atoms with E-state index in [9.17, 15) is 14.0 Å². The number of benzene rings is 3. The molecule has 0 aliphatic carbocycles. The number of ether oxygens (including phenoxy) is 2. The van der Waals surface area contributed by atoms with Crippen molar-refractivity contribution in [2.24, 2.45) is 0 Å². The molecule has 0 saturated carbocycles. The van der Waals surface area contributed by atoms with Crippen LogP contribution in [0.4, 0.5) is 10.1 Å². The minimum Gasteiger partial charge on any atom is -0.497 e. The van der Waals surface area contributed by atoms with Gasteiger partial charge in [-0.3, -0.25) is 9.36 Å². The Labute approximate surface area is 205 Å². The van der Waals surface area contributed by atoms with Crippen LogP contribution in [0.1, 0.15) is 22.2 Å². The summed E-state index contributed by atoms with van der Waals surface area (Å²) < 4.78 is 25.9. The largest absolute Gasteiger partial charge is 0.497 e. The van der Waals surface area contributed by atoms with Crippen molar-refractivity contribution >= 4 is 29.3 Å². The zero-order valence-corrected chi connectivity index (χ0v) is 19.8. The van der Waals surface area contributed by atoms with E-state index in [1.165, 1.54) is 30.1 Å². The molecule has 4 aromatic rings. The van der Waals surface area contributed by atoms with Gasteiger partial charge in [0.05, 0.1) is 13.3 Å². The highest BCUT2D eigenvalue weighted by molar-refractivity contribution is 7.98. The van der Waals surface area contributed by atoms with E-state index in [4.69, 9.17) is 9.47 Å². The van der Waals surface area contributed by atoms with Crippen molar-refractivity contribution in [3.05, 3.63) is 102 Å². The van der Waals surface area contributed by atoms with Gasteiger partial charge < -0.3 is 14.8 Å². The summed E-state index contributed by atoms with van der Waals surface area (Å²) in [5, 5.41) is 3.29. The fourth-order valence-corrected chi connectivity index (χ4v) is 3.96. The highest BCUT2D eigenvalue weighted by Gasteiger charge is 2.28. The maximum atomic E-state index is 13.5. The number of methoxy groups -OCH3 is 1. The molecule has 1 atom stereocenters. The monoisotopic (exact) mass is 491 g/mol. The predicted octanol–water partition coefficient (Wildman–Crippen LogP) is 5.28. The molecule has 0 aliphatic rings. The number of carbonyl (C=O) groups excluding carboxylic acids is 2. The van der Waals surface area contributed by atoms with Crippen LogP contribution in [0.3, 0.4) is 0 Å². The summed E-state index contributed by atoms with van der Waals surface area (Å²) in [6.07, 6.45) is 1.97. The minimum atomic E-state index is -1.22. The van der Waals surface area contributed by atoms with E-state index >= 15 is 0 Å². The number of nitrogens with one attached hydrogen (secondary N) is 1. The van der Waals surface area contributed by atoms with E-state index in [0.717, 1.165) is 0 Å². The van der Waals surface area contributed by atoms with Gasteiger partial charge in [0.2, 0.25) is 6.10 Å². The molecular formula is C26H22FN3O4S. The van der Waals surface area contributed by atoms with Crippen molar-refractivity contribution in [2.75, 3.05) is 18.7 Å². The van der Waals surface area contributed by atoms with Crippen molar-refractivity contribution in [3.63, 3.8) is 0 Å². The van der Waals surface area contributed by atoms with Crippen LogP contribution >= 0.6 is 11.8 Å². The maximum Gasteiger partial charge on any atom is 0.358 e. The number of carbonyl (C=O) groups is 2. The van der Waals surface area contributed by atoms with E-state index in [2.05, 4.69) is 10.3 Å². The van der Waals surface area contributed by atoms with Gasteiger partial charge in [0.15, 0.2) is 10.9 Å². The molecule has 1 aromatic heterocycles. The molecular weight excluding hydrogens is 469 g/mol. The molecule has 0 radical (unpaired) electrons. The Kier molecular flexibility index (Phi) is 7.47. The average molecular weight is 492 g/mol. The molecule has 4 rings (SSSR count). The SMILES string of the molecule is COc1ccc(NC(=O)[C@@H](OC(=O)c2cnc(SC)n2-c2ccc(F)cc2)c2ccccc2)cc1. The van der Waals surface area contributed by atoms with E-state index in [0.29, 0.717) is 27.8 Å². The molecule has 0 bridgehead atoms. The number of esters is 1. The number of nitrogens with zero attached hydrogens (tertiary/aromatic N) is 2. The van der Waals surface area contributed by atoms with E-state index in [1.54, 1.807) is 78.4 Å². The normalized spacial score (nSPS) is 11.5. The number of rotatable bonds is 8. The summed E-state index contributed by atoms with van der Waals surface area (Å²) >= 11 is 1.32. The zero-order chi connectivity index (χ0) is 24.8. The summed E-state index contributed by atoms with van der Waals surface area (Å²) in [7, 11) is 1.55. The average Bonchev–Trinajstić information content (AvgIpc) is 3.33. The highest BCUT2D eigenvalue weighted by atomic mass is 32.2. The van der Waals surface area contributed by atoms with Crippen LogP contribution in [0.25, 0.3) is 5.69 Å². The third-order valence-corrected chi connectivity index (χ3v) is 5.78. The van der Waals surface area contributed by atoms with Crippen LogP contribution in [0.5, 0.6) is 5.75 Å². The summed E-state index contributed by atoms with van der Waals surface area (Å²) in [5.74, 6) is -1.02. The lowest BCUT2D eigenvalue weighted by Gasteiger charge is -2.19. The summed E-state index contributed by atoms with van der Waals surface area (Å²) in [6, 6.07) is 21.2. The van der Waals surface area contributed by atoms with Crippen molar-refractivity contribution in [1.29, 1.82) is 0 Å². The molecule has 1 N–H and O–H groups in total. The Morgan fingerprint density at radius 3 is 2.31 bits per heavy atom. The molecule has 178 valence electrons. The van der Waals surface area contributed by atoms with Gasteiger partial charge in [-0.15, -0.1) is 0 Å². The number of halogens is 1. The molecule has 0 aliphatic heterocycles. The predicted molar refractivity (Wildman–Crippen MR) is 132 cm³/mol. The van der Waals surface area contributed by atoms with E-state index in [1.807, 2.05) is 6.26 Å². The van der Waals surface area contributed by atoms with Crippen LogP contribution in [0.15, 0.2) is 90.2 Å². The highest BCUT2D eigenvalue weighted by Crippen LogP contribution is 2.26. The lowest BCUT2D eigenvalue weighted by Crippen LogP contribution is -2.26.